The molecule has 1 fully saturated rings. The topological polar surface area (TPSA) is 15.3 Å². The minimum Gasteiger partial charge on any atom is -0.313 e. The minimum absolute atomic E-state index is 0.865. The molecule has 0 aliphatic heterocycles. The van der Waals surface area contributed by atoms with Crippen LogP contribution in [-0.4, -0.2) is 37.6 Å². The number of likely N-dealkylation sites (N-methyl/N-ethyl adjacent to an activating group) is 1. The average molecular weight is 170 g/mol. The lowest BCUT2D eigenvalue weighted by Gasteiger charge is -2.15. The molecule has 2 nitrogen and oxygen atoms in total. The van der Waals surface area contributed by atoms with Gasteiger partial charge in [0.1, 0.15) is 0 Å². The average Bonchev–Trinajstić information content (AvgIpc) is 2.84. The van der Waals surface area contributed by atoms with Crippen LogP contribution >= 0.6 is 0 Å². The van der Waals surface area contributed by atoms with Crippen LogP contribution in [0.5, 0.6) is 0 Å². The van der Waals surface area contributed by atoms with Crippen LogP contribution in [0.4, 0.5) is 0 Å². The zero-order valence-corrected chi connectivity index (χ0v) is 8.47. The van der Waals surface area contributed by atoms with Crippen molar-refractivity contribution in [1.82, 2.24) is 10.2 Å². The van der Waals surface area contributed by atoms with Gasteiger partial charge in [-0.25, -0.2) is 0 Å². The molecule has 0 aromatic carbocycles. The van der Waals surface area contributed by atoms with Crippen molar-refractivity contribution in [1.29, 1.82) is 0 Å². The second kappa shape index (κ2) is 5.55. The van der Waals surface area contributed by atoms with Gasteiger partial charge in [-0.15, -0.1) is 0 Å². The maximum absolute atomic E-state index is 3.52. The zero-order valence-electron chi connectivity index (χ0n) is 8.47. The van der Waals surface area contributed by atoms with Gasteiger partial charge in [-0.3, -0.25) is 0 Å². The third-order valence-corrected chi connectivity index (χ3v) is 2.40. The normalized spacial score (nSPS) is 17.2. The molecule has 0 heterocycles. The smallest absolute Gasteiger partial charge is 0.0104 e. The second-order valence-electron chi connectivity index (χ2n) is 3.89. The largest absolute Gasteiger partial charge is 0.313 e. The Kier molecular flexibility index (Phi) is 4.62. The van der Waals surface area contributed by atoms with Gasteiger partial charge in [-0.1, -0.05) is 13.3 Å². The molecule has 72 valence electrons. The van der Waals surface area contributed by atoms with Crippen molar-refractivity contribution in [3.63, 3.8) is 0 Å². The molecule has 0 radical (unpaired) electrons. The lowest BCUT2D eigenvalue weighted by atomic mass is 10.3. The Hall–Kier alpha value is -0.0800. The molecule has 1 rings (SSSR count). The summed E-state index contributed by atoms with van der Waals surface area (Å²) in [7, 11) is 2.21. The van der Waals surface area contributed by atoms with E-state index in [0.717, 1.165) is 6.04 Å². The molecule has 1 saturated carbocycles. The predicted molar refractivity (Wildman–Crippen MR) is 53.4 cm³/mol. The van der Waals surface area contributed by atoms with Gasteiger partial charge in [0.25, 0.3) is 0 Å². The standard InChI is InChI=1S/C10H22N2/c1-3-4-8-12(2)9-7-11-10-5-6-10/h10-11H,3-9H2,1-2H3. The Bertz CT molecular complexity index is 110. The van der Waals surface area contributed by atoms with Crippen LogP contribution < -0.4 is 5.32 Å². The molecule has 0 atom stereocenters. The minimum atomic E-state index is 0.865. The van der Waals surface area contributed by atoms with Crippen molar-refractivity contribution in [2.75, 3.05) is 26.7 Å². The molecule has 1 N–H and O–H groups in total. The number of hydrogen-bond acceptors (Lipinski definition) is 2. The highest BCUT2D eigenvalue weighted by atomic mass is 15.1. The van der Waals surface area contributed by atoms with Crippen molar-refractivity contribution in [2.24, 2.45) is 0 Å². The van der Waals surface area contributed by atoms with Gasteiger partial charge >= 0.3 is 0 Å². The Morgan fingerprint density at radius 1 is 1.33 bits per heavy atom. The zero-order chi connectivity index (χ0) is 8.81. The van der Waals surface area contributed by atoms with Crippen molar-refractivity contribution >= 4 is 0 Å². The van der Waals surface area contributed by atoms with Crippen LogP contribution in [-0.2, 0) is 0 Å². The second-order valence-corrected chi connectivity index (χ2v) is 3.89. The van der Waals surface area contributed by atoms with E-state index in [1.807, 2.05) is 0 Å². The maximum atomic E-state index is 3.52. The summed E-state index contributed by atoms with van der Waals surface area (Å²) >= 11 is 0. The Balaban J connectivity index is 1.83. The summed E-state index contributed by atoms with van der Waals surface area (Å²) in [6, 6.07) is 0.865. The molecule has 0 unspecified atom stereocenters. The van der Waals surface area contributed by atoms with Crippen LogP contribution in [0.3, 0.4) is 0 Å². The van der Waals surface area contributed by atoms with Crippen LogP contribution in [0.15, 0.2) is 0 Å². The van der Waals surface area contributed by atoms with E-state index in [9.17, 15) is 0 Å². The summed E-state index contributed by atoms with van der Waals surface area (Å²) in [6.07, 6.45) is 5.44. The number of unbranched alkanes of at least 4 members (excludes halogenated alkanes) is 1. The highest BCUT2D eigenvalue weighted by Gasteiger charge is 2.19. The van der Waals surface area contributed by atoms with Crippen LogP contribution in [0, 0.1) is 0 Å². The molecule has 1 aliphatic carbocycles. The van der Waals surface area contributed by atoms with E-state index in [1.165, 1.54) is 45.3 Å². The van der Waals surface area contributed by atoms with E-state index in [2.05, 4.69) is 24.2 Å². The summed E-state index contributed by atoms with van der Waals surface area (Å²) in [6.45, 7) is 5.88. The molecule has 0 amide bonds. The number of nitrogens with one attached hydrogen (secondary N) is 1. The van der Waals surface area contributed by atoms with Gasteiger partial charge < -0.3 is 10.2 Å². The Morgan fingerprint density at radius 2 is 2.08 bits per heavy atom. The van der Waals surface area contributed by atoms with E-state index in [4.69, 9.17) is 0 Å². The first-order valence-electron chi connectivity index (χ1n) is 5.25. The third kappa shape index (κ3) is 4.73. The summed E-state index contributed by atoms with van der Waals surface area (Å²) in [4.78, 5) is 2.42. The molecule has 0 spiro atoms. The van der Waals surface area contributed by atoms with Crippen molar-refractivity contribution in [2.45, 2.75) is 38.6 Å². The highest BCUT2D eigenvalue weighted by Crippen LogP contribution is 2.17. The monoisotopic (exact) mass is 170 g/mol. The van der Waals surface area contributed by atoms with Crippen molar-refractivity contribution in [3.8, 4) is 0 Å². The van der Waals surface area contributed by atoms with Gasteiger partial charge in [0.15, 0.2) is 0 Å². The lowest BCUT2D eigenvalue weighted by molar-refractivity contribution is 0.325. The molecule has 0 aromatic rings. The fourth-order valence-corrected chi connectivity index (χ4v) is 1.29. The summed E-state index contributed by atoms with van der Waals surface area (Å²) < 4.78 is 0. The molecule has 2 heteroatoms. The lowest BCUT2D eigenvalue weighted by Crippen LogP contribution is -2.30. The van der Waals surface area contributed by atoms with Crippen molar-refractivity contribution in [3.05, 3.63) is 0 Å². The highest BCUT2D eigenvalue weighted by molar-refractivity contribution is 4.80. The molecule has 0 aromatic heterocycles. The van der Waals surface area contributed by atoms with E-state index in [1.54, 1.807) is 0 Å². The van der Waals surface area contributed by atoms with Crippen LogP contribution in [0.1, 0.15) is 32.6 Å². The van der Waals surface area contributed by atoms with Gasteiger partial charge in [0.05, 0.1) is 0 Å². The Labute approximate surface area is 76.3 Å². The molecule has 12 heavy (non-hydrogen) atoms. The predicted octanol–water partition coefficient (Wildman–Crippen LogP) is 1.47. The van der Waals surface area contributed by atoms with Gasteiger partial charge in [0, 0.05) is 19.1 Å². The SMILES string of the molecule is CCCCN(C)CCNC1CC1. The van der Waals surface area contributed by atoms with E-state index in [-0.39, 0.29) is 0 Å². The number of rotatable bonds is 7. The van der Waals surface area contributed by atoms with Gasteiger partial charge in [0.2, 0.25) is 0 Å². The van der Waals surface area contributed by atoms with E-state index >= 15 is 0 Å². The molecular formula is C10H22N2. The molecular weight excluding hydrogens is 148 g/mol. The first-order valence-corrected chi connectivity index (χ1v) is 5.25. The van der Waals surface area contributed by atoms with E-state index in [0.29, 0.717) is 0 Å². The quantitative estimate of drug-likeness (QED) is 0.622. The molecule has 0 bridgehead atoms. The third-order valence-electron chi connectivity index (χ3n) is 2.40. The fourth-order valence-electron chi connectivity index (χ4n) is 1.29. The number of hydrogen-bond donors (Lipinski definition) is 1. The van der Waals surface area contributed by atoms with E-state index < -0.39 is 0 Å². The number of nitrogens with zero attached hydrogens (tertiary/aromatic N) is 1. The fraction of sp³-hybridized carbons (Fsp3) is 1.00. The summed E-state index contributed by atoms with van der Waals surface area (Å²) in [5.41, 5.74) is 0. The van der Waals surface area contributed by atoms with Crippen LogP contribution in [0.2, 0.25) is 0 Å². The summed E-state index contributed by atoms with van der Waals surface area (Å²) in [5.74, 6) is 0. The summed E-state index contributed by atoms with van der Waals surface area (Å²) in [5, 5.41) is 3.52. The Morgan fingerprint density at radius 3 is 2.67 bits per heavy atom. The van der Waals surface area contributed by atoms with Gasteiger partial charge in [-0.2, -0.15) is 0 Å². The van der Waals surface area contributed by atoms with Gasteiger partial charge in [-0.05, 0) is 32.9 Å². The molecule has 1 aliphatic rings. The maximum Gasteiger partial charge on any atom is 0.0104 e. The first kappa shape index (κ1) is 10.0. The first-order chi connectivity index (χ1) is 5.83. The van der Waals surface area contributed by atoms with Crippen molar-refractivity contribution < 1.29 is 0 Å². The van der Waals surface area contributed by atoms with Crippen LogP contribution in [0.25, 0.3) is 0 Å². The molecule has 0 saturated heterocycles.